The molecule has 2 amide bonds. The minimum absolute atomic E-state index is 0.0482. The van der Waals surface area contributed by atoms with Crippen LogP contribution in [-0.4, -0.2) is 62.7 Å². The Kier molecular flexibility index (Phi) is 5.67. The highest BCUT2D eigenvalue weighted by atomic mass is 16.5. The van der Waals surface area contributed by atoms with E-state index in [4.69, 9.17) is 10.5 Å². The molecule has 7 nitrogen and oxygen atoms in total. The SMILES string of the molecule is CN(CC1CC1)[C@H](CN)C(=O)Nc1ccc(N2CCOCC2=O)cc1. The molecule has 1 aliphatic carbocycles. The Morgan fingerprint density at radius 2 is 2.12 bits per heavy atom. The second kappa shape index (κ2) is 7.95. The number of morpholine rings is 1. The number of nitrogens with one attached hydrogen (secondary N) is 1. The molecular weight excluding hydrogens is 320 g/mol. The first kappa shape index (κ1) is 17.8. The van der Waals surface area contributed by atoms with E-state index in [2.05, 4.69) is 5.32 Å². The van der Waals surface area contributed by atoms with E-state index in [9.17, 15) is 9.59 Å². The van der Waals surface area contributed by atoms with Crippen LogP contribution in [0.25, 0.3) is 0 Å². The molecule has 1 saturated carbocycles. The van der Waals surface area contributed by atoms with Gasteiger partial charge in [-0.15, -0.1) is 0 Å². The number of carbonyl (C=O) groups is 2. The highest BCUT2D eigenvalue weighted by Crippen LogP contribution is 2.29. The van der Waals surface area contributed by atoms with Crippen LogP contribution in [0.5, 0.6) is 0 Å². The van der Waals surface area contributed by atoms with Crippen LogP contribution < -0.4 is 16.0 Å². The molecule has 0 bridgehead atoms. The zero-order valence-corrected chi connectivity index (χ0v) is 14.6. The second-order valence-electron chi connectivity index (χ2n) is 6.77. The van der Waals surface area contributed by atoms with Crippen LogP contribution in [-0.2, 0) is 14.3 Å². The van der Waals surface area contributed by atoms with E-state index >= 15 is 0 Å². The molecule has 1 aromatic rings. The third-order valence-electron chi connectivity index (χ3n) is 4.73. The smallest absolute Gasteiger partial charge is 0.253 e. The predicted molar refractivity (Wildman–Crippen MR) is 96.4 cm³/mol. The molecule has 0 aromatic heterocycles. The Morgan fingerprint density at radius 1 is 1.40 bits per heavy atom. The molecule has 1 atom stereocenters. The summed E-state index contributed by atoms with van der Waals surface area (Å²) in [6.45, 7) is 2.40. The second-order valence-corrected chi connectivity index (χ2v) is 6.77. The number of anilines is 2. The summed E-state index contributed by atoms with van der Waals surface area (Å²) >= 11 is 0. The third kappa shape index (κ3) is 4.56. The number of benzene rings is 1. The van der Waals surface area contributed by atoms with Gasteiger partial charge in [-0.25, -0.2) is 0 Å². The maximum atomic E-state index is 12.5. The molecule has 3 rings (SSSR count). The maximum absolute atomic E-state index is 12.5. The van der Waals surface area contributed by atoms with Gasteiger partial charge >= 0.3 is 0 Å². The van der Waals surface area contributed by atoms with Crippen LogP contribution >= 0.6 is 0 Å². The molecule has 136 valence electrons. The molecule has 1 aromatic carbocycles. The molecule has 1 saturated heterocycles. The lowest BCUT2D eigenvalue weighted by atomic mass is 10.2. The van der Waals surface area contributed by atoms with Crippen molar-refractivity contribution in [2.45, 2.75) is 18.9 Å². The van der Waals surface area contributed by atoms with Gasteiger partial charge < -0.3 is 20.7 Å². The Morgan fingerprint density at radius 3 is 2.72 bits per heavy atom. The van der Waals surface area contributed by atoms with Crippen LogP contribution in [0, 0.1) is 5.92 Å². The number of hydrogen-bond donors (Lipinski definition) is 2. The van der Waals surface area contributed by atoms with E-state index in [0.717, 1.165) is 12.2 Å². The Balaban J connectivity index is 1.59. The van der Waals surface area contributed by atoms with E-state index in [1.807, 2.05) is 36.2 Å². The van der Waals surface area contributed by atoms with Gasteiger partial charge in [-0.05, 0) is 50.1 Å². The van der Waals surface area contributed by atoms with Crippen molar-refractivity contribution in [1.82, 2.24) is 4.90 Å². The number of hydrogen-bond acceptors (Lipinski definition) is 5. The van der Waals surface area contributed by atoms with Crippen LogP contribution in [0.2, 0.25) is 0 Å². The monoisotopic (exact) mass is 346 g/mol. The van der Waals surface area contributed by atoms with E-state index in [1.54, 1.807) is 4.90 Å². The average molecular weight is 346 g/mol. The number of carbonyl (C=O) groups excluding carboxylic acids is 2. The topological polar surface area (TPSA) is 87.9 Å². The molecule has 25 heavy (non-hydrogen) atoms. The first-order valence-electron chi connectivity index (χ1n) is 8.78. The lowest BCUT2D eigenvalue weighted by molar-refractivity contribution is -0.125. The van der Waals surface area contributed by atoms with Gasteiger partial charge in [0.1, 0.15) is 12.6 Å². The van der Waals surface area contributed by atoms with Crippen molar-refractivity contribution in [3.63, 3.8) is 0 Å². The summed E-state index contributed by atoms with van der Waals surface area (Å²) in [5.74, 6) is 0.561. The van der Waals surface area contributed by atoms with E-state index in [-0.39, 0.29) is 31.0 Å². The van der Waals surface area contributed by atoms with Crippen LogP contribution in [0.1, 0.15) is 12.8 Å². The molecule has 1 heterocycles. The first-order chi connectivity index (χ1) is 12.1. The first-order valence-corrected chi connectivity index (χ1v) is 8.78. The number of amides is 2. The highest BCUT2D eigenvalue weighted by Gasteiger charge is 2.28. The van der Waals surface area contributed by atoms with Crippen molar-refractivity contribution in [2.75, 3.05) is 50.1 Å². The molecule has 3 N–H and O–H groups in total. The van der Waals surface area contributed by atoms with Gasteiger partial charge in [0.15, 0.2) is 0 Å². The number of rotatable bonds is 7. The Labute approximate surface area is 148 Å². The van der Waals surface area contributed by atoms with Gasteiger partial charge in [0.05, 0.1) is 6.61 Å². The molecule has 0 spiro atoms. The van der Waals surface area contributed by atoms with E-state index < -0.39 is 0 Å². The summed E-state index contributed by atoms with van der Waals surface area (Å²) in [5, 5.41) is 2.92. The Bertz CT molecular complexity index is 615. The minimum atomic E-state index is -0.332. The van der Waals surface area contributed by atoms with Crippen molar-refractivity contribution in [1.29, 1.82) is 0 Å². The number of likely N-dealkylation sites (N-methyl/N-ethyl adjacent to an activating group) is 1. The fraction of sp³-hybridized carbons (Fsp3) is 0.556. The largest absolute Gasteiger partial charge is 0.370 e. The average Bonchev–Trinajstić information content (AvgIpc) is 3.41. The number of nitrogens with two attached hydrogens (primary N) is 1. The lowest BCUT2D eigenvalue weighted by Gasteiger charge is -2.27. The fourth-order valence-electron chi connectivity index (χ4n) is 3.06. The number of ether oxygens (including phenoxy) is 1. The van der Waals surface area contributed by atoms with Crippen LogP contribution in [0.4, 0.5) is 11.4 Å². The van der Waals surface area contributed by atoms with Crippen LogP contribution in [0.15, 0.2) is 24.3 Å². The van der Waals surface area contributed by atoms with E-state index in [1.165, 1.54) is 12.8 Å². The zero-order valence-electron chi connectivity index (χ0n) is 14.6. The predicted octanol–water partition coefficient (Wildman–Crippen LogP) is 0.657. The van der Waals surface area contributed by atoms with Crippen molar-refractivity contribution in [3.8, 4) is 0 Å². The molecule has 1 aliphatic heterocycles. The third-order valence-corrected chi connectivity index (χ3v) is 4.73. The zero-order chi connectivity index (χ0) is 17.8. The molecule has 0 radical (unpaired) electrons. The van der Waals surface area contributed by atoms with Gasteiger partial charge in [-0.3, -0.25) is 14.5 Å². The normalized spacial score (nSPS) is 19.2. The molecule has 2 aliphatic rings. The van der Waals surface area contributed by atoms with Crippen molar-refractivity contribution in [3.05, 3.63) is 24.3 Å². The molecule has 2 fully saturated rings. The minimum Gasteiger partial charge on any atom is -0.370 e. The molecule has 7 heteroatoms. The van der Waals surface area contributed by atoms with Gasteiger partial charge in [-0.1, -0.05) is 0 Å². The van der Waals surface area contributed by atoms with Gasteiger partial charge in [0, 0.05) is 31.0 Å². The van der Waals surface area contributed by atoms with Gasteiger partial charge in [-0.2, -0.15) is 0 Å². The summed E-state index contributed by atoms with van der Waals surface area (Å²) in [6, 6.07) is 6.96. The maximum Gasteiger partial charge on any atom is 0.253 e. The quantitative estimate of drug-likeness (QED) is 0.757. The molecule has 0 unspecified atom stereocenters. The van der Waals surface area contributed by atoms with Crippen molar-refractivity contribution >= 4 is 23.2 Å². The summed E-state index contributed by atoms with van der Waals surface area (Å²) in [6.07, 6.45) is 2.48. The van der Waals surface area contributed by atoms with Crippen molar-refractivity contribution in [2.24, 2.45) is 11.7 Å². The van der Waals surface area contributed by atoms with Crippen molar-refractivity contribution < 1.29 is 14.3 Å². The van der Waals surface area contributed by atoms with Crippen LogP contribution in [0.3, 0.4) is 0 Å². The van der Waals surface area contributed by atoms with Gasteiger partial charge in [0.25, 0.3) is 5.91 Å². The lowest BCUT2D eigenvalue weighted by Crippen LogP contribution is -2.47. The Hall–Kier alpha value is -1.96. The summed E-state index contributed by atoms with van der Waals surface area (Å²) in [7, 11) is 1.95. The summed E-state index contributed by atoms with van der Waals surface area (Å²) in [5.41, 5.74) is 7.32. The molecular formula is C18H26N4O3. The number of nitrogens with zero attached hydrogens (tertiary/aromatic N) is 2. The highest BCUT2D eigenvalue weighted by molar-refractivity contribution is 5.97. The van der Waals surface area contributed by atoms with Gasteiger partial charge in [0.2, 0.25) is 5.91 Å². The standard InChI is InChI=1S/C18H26N4O3/c1-21(11-13-2-3-13)16(10-19)18(24)20-14-4-6-15(7-5-14)22-8-9-25-12-17(22)23/h4-7,13,16H,2-3,8-12,19H2,1H3,(H,20,24)/t16-/m1/s1. The summed E-state index contributed by atoms with van der Waals surface area (Å²) < 4.78 is 5.14. The van der Waals surface area contributed by atoms with E-state index in [0.29, 0.717) is 24.8 Å². The fourth-order valence-corrected chi connectivity index (χ4v) is 3.06. The summed E-state index contributed by atoms with van der Waals surface area (Å²) in [4.78, 5) is 28.1.